The summed E-state index contributed by atoms with van der Waals surface area (Å²) in [5.74, 6) is 0. The van der Waals surface area contributed by atoms with Crippen LogP contribution in [0.2, 0.25) is 0 Å². The highest BCUT2D eigenvalue weighted by molar-refractivity contribution is 6.11. The summed E-state index contributed by atoms with van der Waals surface area (Å²) in [5, 5.41) is 25.2. The van der Waals surface area contributed by atoms with Crippen molar-refractivity contribution in [2.45, 2.75) is 0 Å². The smallest absolute Gasteiger partial charge is 0.0998 e. The molecule has 0 spiro atoms. The number of hydrogen-bond acceptors (Lipinski definition) is 2. The Hall–Kier alpha value is -6.88. The molecular weight excluding hydrogens is 585 g/mol. The van der Waals surface area contributed by atoms with Gasteiger partial charge in [-0.25, -0.2) is 0 Å². The molecule has 48 heavy (non-hydrogen) atoms. The zero-order valence-electron chi connectivity index (χ0n) is 25.8. The van der Waals surface area contributed by atoms with Crippen LogP contribution < -0.4 is 0 Å². The molecule has 4 nitrogen and oxygen atoms in total. The van der Waals surface area contributed by atoms with E-state index in [0.29, 0.717) is 11.1 Å². The van der Waals surface area contributed by atoms with Gasteiger partial charge in [-0.3, -0.25) is 0 Å². The number of fused-ring (bicyclic) bond motifs is 6. The molecule has 0 unspecified atom stereocenters. The molecule has 7 aromatic carbocycles. The SMILES string of the molecule is N#Cc1ccc(-c2c(C#N)cccc2-c2ccc(-n3c4ccccc4c4ccccc43)cc2)c(-n2c3ccccc3c3ccccc32)c1. The van der Waals surface area contributed by atoms with E-state index in [1.807, 2.05) is 42.5 Å². The molecule has 0 aliphatic rings. The number of nitriles is 2. The Morgan fingerprint density at radius 3 is 1.46 bits per heavy atom. The lowest BCUT2D eigenvalue weighted by molar-refractivity contribution is 1.18. The van der Waals surface area contributed by atoms with E-state index in [1.54, 1.807) is 0 Å². The molecule has 0 N–H and O–H groups in total. The summed E-state index contributed by atoms with van der Waals surface area (Å²) in [5.41, 5.74) is 11.1. The van der Waals surface area contributed by atoms with Crippen LogP contribution in [0.1, 0.15) is 11.1 Å². The number of benzene rings is 7. The predicted octanol–water partition coefficient (Wildman–Crippen LogP) is 11.0. The second-order valence-electron chi connectivity index (χ2n) is 12.0. The van der Waals surface area contributed by atoms with Crippen molar-refractivity contribution in [1.29, 1.82) is 10.5 Å². The normalized spacial score (nSPS) is 11.3. The average Bonchev–Trinajstić information content (AvgIpc) is 3.67. The van der Waals surface area contributed by atoms with Crippen LogP contribution in [-0.4, -0.2) is 9.13 Å². The number of aromatic nitrogens is 2. The van der Waals surface area contributed by atoms with E-state index in [9.17, 15) is 10.5 Å². The third-order valence-electron chi connectivity index (χ3n) is 9.42. The van der Waals surface area contributed by atoms with Gasteiger partial charge in [0.2, 0.25) is 0 Å². The summed E-state index contributed by atoms with van der Waals surface area (Å²) in [4.78, 5) is 0. The maximum atomic E-state index is 10.5. The number of para-hydroxylation sites is 4. The second kappa shape index (κ2) is 10.9. The maximum Gasteiger partial charge on any atom is 0.0998 e. The van der Waals surface area contributed by atoms with Crippen molar-refractivity contribution in [1.82, 2.24) is 9.13 Å². The minimum atomic E-state index is 0.558. The third kappa shape index (κ3) is 4.07. The van der Waals surface area contributed by atoms with Crippen LogP contribution >= 0.6 is 0 Å². The first kappa shape index (κ1) is 27.4. The molecule has 2 heterocycles. The van der Waals surface area contributed by atoms with Crippen molar-refractivity contribution in [3.05, 3.63) is 169 Å². The van der Waals surface area contributed by atoms with E-state index in [1.165, 1.54) is 10.8 Å². The summed E-state index contributed by atoms with van der Waals surface area (Å²) in [6.07, 6.45) is 0. The van der Waals surface area contributed by atoms with E-state index >= 15 is 0 Å². The third-order valence-corrected chi connectivity index (χ3v) is 9.42. The highest BCUT2D eigenvalue weighted by Crippen LogP contribution is 2.42. The van der Waals surface area contributed by atoms with Gasteiger partial charge in [0, 0.05) is 38.4 Å². The molecule has 0 fully saturated rings. The maximum absolute atomic E-state index is 10.5. The van der Waals surface area contributed by atoms with Gasteiger partial charge >= 0.3 is 0 Å². The lowest BCUT2D eigenvalue weighted by Gasteiger charge is -2.19. The highest BCUT2D eigenvalue weighted by Gasteiger charge is 2.21. The van der Waals surface area contributed by atoms with Crippen molar-refractivity contribution in [2.24, 2.45) is 0 Å². The van der Waals surface area contributed by atoms with Crippen LogP contribution in [0.25, 0.3) is 77.2 Å². The van der Waals surface area contributed by atoms with Crippen molar-refractivity contribution < 1.29 is 0 Å². The number of rotatable bonds is 4. The largest absolute Gasteiger partial charge is 0.309 e. The lowest BCUT2D eigenvalue weighted by Crippen LogP contribution is -2.01. The topological polar surface area (TPSA) is 57.4 Å². The monoisotopic (exact) mass is 610 g/mol. The number of nitrogens with zero attached hydrogens (tertiary/aromatic N) is 4. The zero-order valence-corrected chi connectivity index (χ0v) is 25.8. The van der Waals surface area contributed by atoms with Gasteiger partial charge in [-0.05, 0) is 65.7 Å². The molecule has 4 heteroatoms. The summed E-state index contributed by atoms with van der Waals surface area (Å²) >= 11 is 0. The Kier molecular flexibility index (Phi) is 6.22. The standard InChI is InChI=1S/C44H26N4/c45-27-29-20-25-38(43(26-29)48-41-18-7-3-13-36(41)37-14-4-8-19-42(37)48)44-31(28-46)10-9-15-33(44)30-21-23-32(24-22-30)47-39-16-5-1-11-34(39)35-12-2-6-17-40(35)47/h1-26H. The van der Waals surface area contributed by atoms with Gasteiger partial charge in [0.25, 0.3) is 0 Å². The summed E-state index contributed by atoms with van der Waals surface area (Å²) in [6, 6.07) is 58.8. The van der Waals surface area contributed by atoms with Crippen LogP contribution in [0, 0.1) is 22.7 Å². The van der Waals surface area contributed by atoms with Crippen molar-refractivity contribution >= 4 is 43.6 Å². The van der Waals surface area contributed by atoms with Gasteiger partial charge in [-0.1, -0.05) is 103 Å². The Morgan fingerprint density at radius 1 is 0.417 bits per heavy atom. The van der Waals surface area contributed by atoms with Gasteiger partial charge in [0.05, 0.1) is 51.0 Å². The van der Waals surface area contributed by atoms with Gasteiger partial charge in [-0.2, -0.15) is 10.5 Å². The fourth-order valence-electron chi connectivity index (χ4n) is 7.35. The number of hydrogen-bond donors (Lipinski definition) is 0. The first-order valence-corrected chi connectivity index (χ1v) is 15.9. The molecule has 9 aromatic rings. The van der Waals surface area contributed by atoms with Crippen LogP contribution in [-0.2, 0) is 0 Å². The van der Waals surface area contributed by atoms with Crippen LogP contribution in [0.3, 0.4) is 0 Å². The molecule has 2 aromatic heterocycles. The molecule has 0 saturated heterocycles. The first-order chi connectivity index (χ1) is 23.7. The Bertz CT molecular complexity index is 2690. The zero-order chi connectivity index (χ0) is 32.2. The van der Waals surface area contributed by atoms with Crippen molar-refractivity contribution in [3.8, 4) is 45.8 Å². The van der Waals surface area contributed by atoms with Crippen LogP contribution in [0.15, 0.2) is 158 Å². The molecule has 0 radical (unpaired) electrons. The van der Waals surface area contributed by atoms with E-state index in [-0.39, 0.29) is 0 Å². The Morgan fingerprint density at radius 2 is 0.938 bits per heavy atom. The minimum absolute atomic E-state index is 0.558. The molecule has 9 rings (SSSR count). The van der Waals surface area contributed by atoms with Crippen LogP contribution in [0.4, 0.5) is 0 Å². The highest BCUT2D eigenvalue weighted by atomic mass is 15.0. The molecule has 0 bridgehead atoms. The van der Waals surface area contributed by atoms with Gasteiger partial charge in [0.1, 0.15) is 0 Å². The fraction of sp³-hybridized carbons (Fsp3) is 0. The Labute approximate surface area is 277 Å². The van der Waals surface area contributed by atoms with Gasteiger partial charge in [0.15, 0.2) is 0 Å². The van der Waals surface area contributed by atoms with E-state index in [0.717, 1.165) is 66.5 Å². The lowest BCUT2D eigenvalue weighted by atomic mass is 9.89. The molecule has 0 aliphatic heterocycles. The summed E-state index contributed by atoms with van der Waals surface area (Å²) in [7, 11) is 0. The molecule has 222 valence electrons. The molecular formula is C44H26N4. The average molecular weight is 611 g/mol. The summed E-state index contributed by atoms with van der Waals surface area (Å²) in [6.45, 7) is 0. The fourth-order valence-corrected chi connectivity index (χ4v) is 7.35. The molecule has 0 amide bonds. The minimum Gasteiger partial charge on any atom is -0.309 e. The quantitative estimate of drug-likeness (QED) is 0.199. The van der Waals surface area contributed by atoms with Gasteiger partial charge < -0.3 is 9.13 Å². The van der Waals surface area contributed by atoms with Gasteiger partial charge in [-0.15, -0.1) is 0 Å². The van der Waals surface area contributed by atoms with Crippen molar-refractivity contribution in [2.75, 3.05) is 0 Å². The molecule has 0 saturated carbocycles. The van der Waals surface area contributed by atoms with Crippen LogP contribution in [0.5, 0.6) is 0 Å². The summed E-state index contributed by atoms with van der Waals surface area (Å²) < 4.78 is 4.53. The first-order valence-electron chi connectivity index (χ1n) is 15.9. The van der Waals surface area contributed by atoms with E-state index < -0.39 is 0 Å². The predicted molar refractivity (Wildman–Crippen MR) is 195 cm³/mol. The van der Waals surface area contributed by atoms with Crippen molar-refractivity contribution in [3.63, 3.8) is 0 Å². The van der Waals surface area contributed by atoms with E-state index in [4.69, 9.17) is 0 Å². The molecule has 0 atom stereocenters. The molecule has 0 aliphatic carbocycles. The Balaban J connectivity index is 1.27. The van der Waals surface area contributed by atoms with E-state index in [2.05, 4.69) is 137 Å². The second-order valence-corrected chi connectivity index (χ2v) is 12.0.